The largest absolute Gasteiger partial charge is 0.377 e. The Kier molecular flexibility index (Phi) is 3.74. The first-order chi connectivity index (χ1) is 12.7. The first kappa shape index (κ1) is 15.9. The fourth-order valence-corrected chi connectivity index (χ4v) is 4.33. The number of aromatic nitrogens is 2. The summed E-state index contributed by atoms with van der Waals surface area (Å²) in [4.78, 5) is 16.3. The highest BCUT2D eigenvalue weighted by atomic mass is 16.5. The zero-order chi connectivity index (χ0) is 17.7. The van der Waals surface area contributed by atoms with Crippen molar-refractivity contribution in [2.24, 2.45) is 0 Å². The van der Waals surface area contributed by atoms with Crippen LogP contribution in [0.4, 0.5) is 11.5 Å². The van der Waals surface area contributed by atoms with E-state index in [1.54, 1.807) is 6.92 Å². The molecule has 3 aliphatic heterocycles. The maximum absolute atomic E-state index is 12.0. The fourth-order valence-electron chi connectivity index (χ4n) is 4.33. The summed E-state index contributed by atoms with van der Waals surface area (Å²) in [7, 11) is 0. The van der Waals surface area contributed by atoms with E-state index in [1.807, 2.05) is 4.90 Å². The first-order valence-corrected chi connectivity index (χ1v) is 9.51. The summed E-state index contributed by atoms with van der Waals surface area (Å²) < 4.78 is 7.60. The highest BCUT2D eigenvalue weighted by molar-refractivity contribution is 5.75. The van der Waals surface area contributed by atoms with Crippen molar-refractivity contribution in [3.8, 4) is 0 Å². The highest BCUT2D eigenvalue weighted by Gasteiger charge is 2.34. The van der Waals surface area contributed by atoms with Crippen LogP contribution >= 0.6 is 0 Å². The number of aryl methyl sites for hydroxylation is 1. The van der Waals surface area contributed by atoms with E-state index in [0.29, 0.717) is 12.6 Å². The van der Waals surface area contributed by atoms with Crippen molar-refractivity contribution in [3.63, 3.8) is 0 Å². The van der Waals surface area contributed by atoms with Gasteiger partial charge in [0.2, 0.25) is 5.91 Å². The van der Waals surface area contributed by atoms with Crippen LogP contribution in [-0.4, -0.2) is 46.9 Å². The number of carbonyl (C=O) groups excluding carboxylic acids is 1. The van der Waals surface area contributed by atoms with E-state index in [-0.39, 0.29) is 5.91 Å². The van der Waals surface area contributed by atoms with Gasteiger partial charge in [0.05, 0.1) is 25.8 Å². The number of hydrogen-bond acceptors (Lipinski definition) is 4. The monoisotopic (exact) mass is 352 g/mol. The van der Waals surface area contributed by atoms with Crippen LogP contribution in [0.3, 0.4) is 0 Å². The molecule has 1 fully saturated rings. The molecule has 6 heteroatoms. The van der Waals surface area contributed by atoms with Crippen LogP contribution in [0.15, 0.2) is 24.3 Å². The molecule has 26 heavy (non-hydrogen) atoms. The number of nitrogens with zero attached hydrogens (tertiary/aromatic N) is 4. The van der Waals surface area contributed by atoms with E-state index in [9.17, 15) is 4.79 Å². The molecule has 6 nitrogen and oxygen atoms in total. The zero-order valence-corrected chi connectivity index (χ0v) is 15.1. The Labute approximate surface area is 153 Å². The number of fused-ring (bicyclic) bond motifs is 2. The lowest BCUT2D eigenvalue weighted by atomic mass is 10.00. The molecule has 136 valence electrons. The molecule has 1 aromatic heterocycles. The van der Waals surface area contributed by atoms with Crippen LogP contribution < -0.4 is 4.90 Å². The third-order valence-electron chi connectivity index (χ3n) is 5.84. The van der Waals surface area contributed by atoms with Gasteiger partial charge in [0.1, 0.15) is 0 Å². The van der Waals surface area contributed by atoms with Crippen molar-refractivity contribution in [2.75, 3.05) is 31.2 Å². The Morgan fingerprint density at radius 1 is 1.19 bits per heavy atom. The van der Waals surface area contributed by atoms with Gasteiger partial charge in [-0.1, -0.05) is 18.2 Å². The lowest BCUT2D eigenvalue weighted by Crippen LogP contribution is -2.37. The summed E-state index contributed by atoms with van der Waals surface area (Å²) in [6, 6.07) is 8.95. The van der Waals surface area contributed by atoms with Crippen LogP contribution in [0.1, 0.15) is 36.2 Å². The Morgan fingerprint density at radius 2 is 2.04 bits per heavy atom. The second-order valence-electron chi connectivity index (χ2n) is 7.46. The van der Waals surface area contributed by atoms with Gasteiger partial charge in [-0.2, -0.15) is 5.10 Å². The van der Waals surface area contributed by atoms with Crippen LogP contribution in [-0.2, 0) is 28.9 Å². The number of amides is 1. The van der Waals surface area contributed by atoms with E-state index >= 15 is 0 Å². The van der Waals surface area contributed by atoms with Crippen LogP contribution in [0.5, 0.6) is 0 Å². The molecule has 1 aromatic carbocycles. The molecule has 4 heterocycles. The van der Waals surface area contributed by atoms with Crippen LogP contribution in [0.25, 0.3) is 0 Å². The molecular weight excluding hydrogens is 328 g/mol. The molecule has 1 amide bonds. The van der Waals surface area contributed by atoms with Crippen molar-refractivity contribution >= 4 is 17.4 Å². The van der Waals surface area contributed by atoms with E-state index in [0.717, 1.165) is 51.4 Å². The molecule has 0 unspecified atom stereocenters. The van der Waals surface area contributed by atoms with Gasteiger partial charge in [0.15, 0.2) is 5.82 Å². The van der Waals surface area contributed by atoms with Crippen molar-refractivity contribution in [2.45, 2.75) is 38.8 Å². The molecule has 0 spiro atoms. The summed E-state index contributed by atoms with van der Waals surface area (Å²) >= 11 is 0. The minimum atomic E-state index is 0.139. The smallest absolute Gasteiger partial charge is 0.219 e. The van der Waals surface area contributed by atoms with E-state index in [4.69, 9.17) is 9.84 Å². The van der Waals surface area contributed by atoms with Crippen LogP contribution in [0, 0.1) is 0 Å². The SMILES string of the molecule is CC(=O)N1CCc2c(c(N3CCCc4ccccc43)nn2C2COC2)C1. The molecule has 5 rings (SSSR count). The summed E-state index contributed by atoms with van der Waals surface area (Å²) in [6.45, 7) is 5.54. The molecule has 3 aliphatic rings. The van der Waals surface area contributed by atoms with E-state index in [2.05, 4.69) is 33.8 Å². The van der Waals surface area contributed by atoms with Gasteiger partial charge in [-0.25, -0.2) is 0 Å². The summed E-state index contributed by atoms with van der Waals surface area (Å²) in [5.41, 5.74) is 5.15. The predicted molar refractivity (Wildman–Crippen MR) is 98.6 cm³/mol. The zero-order valence-electron chi connectivity index (χ0n) is 15.1. The average Bonchev–Trinajstić information content (AvgIpc) is 2.98. The molecule has 0 aliphatic carbocycles. The van der Waals surface area contributed by atoms with Crippen LogP contribution in [0.2, 0.25) is 0 Å². The lowest BCUT2D eigenvalue weighted by molar-refractivity contribution is -0.129. The Balaban J connectivity index is 1.61. The van der Waals surface area contributed by atoms with Gasteiger partial charge < -0.3 is 14.5 Å². The van der Waals surface area contributed by atoms with E-state index < -0.39 is 0 Å². The maximum atomic E-state index is 12.0. The third-order valence-corrected chi connectivity index (χ3v) is 5.84. The molecule has 2 aromatic rings. The molecule has 0 bridgehead atoms. The molecule has 0 saturated carbocycles. The van der Waals surface area contributed by atoms with Gasteiger partial charge >= 0.3 is 0 Å². The van der Waals surface area contributed by atoms with Crippen molar-refractivity contribution < 1.29 is 9.53 Å². The topological polar surface area (TPSA) is 50.6 Å². The number of anilines is 2. The predicted octanol–water partition coefficient (Wildman–Crippen LogP) is 2.44. The number of benzene rings is 1. The summed E-state index contributed by atoms with van der Waals surface area (Å²) in [6.07, 6.45) is 3.11. The maximum Gasteiger partial charge on any atom is 0.219 e. The number of rotatable bonds is 2. The Bertz CT molecular complexity index is 855. The number of ether oxygens (including phenoxy) is 1. The van der Waals surface area contributed by atoms with Gasteiger partial charge in [-0.3, -0.25) is 9.48 Å². The number of para-hydroxylation sites is 1. The van der Waals surface area contributed by atoms with Crippen molar-refractivity contribution in [1.82, 2.24) is 14.7 Å². The van der Waals surface area contributed by atoms with E-state index in [1.165, 1.54) is 22.5 Å². The average molecular weight is 352 g/mol. The Morgan fingerprint density at radius 3 is 2.81 bits per heavy atom. The number of carbonyl (C=O) groups is 1. The fraction of sp³-hybridized carbons (Fsp3) is 0.500. The van der Waals surface area contributed by atoms with Crippen molar-refractivity contribution in [3.05, 3.63) is 41.1 Å². The second kappa shape index (κ2) is 6.13. The molecule has 0 radical (unpaired) electrons. The van der Waals surface area contributed by atoms with Gasteiger partial charge in [-0.15, -0.1) is 0 Å². The first-order valence-electron chi connectivity index (χ1n) is 9.51. The quantitative estimate of drug-likeness (QED) is 0.833. The third kappa shape index (κ3) is 2.43. The highest BCUT2D eigenvalue weighted by Crippen LogP contribution is 2.38. The van der Waals surface area contributed by atoms with Gasteiger partial charge in [0, 0.05) is 43.4 Å². The minimum absolute atomic E-state index is 0.139. The molecule has 0 N–H and O–H groups in total. The number of hydrogen-bond donors (Lipinski definition) is 0. The van der Waals surface area contributed by atoms with Crippen molar-refractivity contribution in [1.29, 1.82) is 0 Å². The summed E-state index contributed by atoms with van der Waals surface area (Å²) in [5, 5.41) is 5.05. The summed E-state index contributed by atoms with van der Waals surface area (Å²) in [5.74, 6) is 1.17. The lowest BCUT2D eigenvalue weighted by Gasteiger charge is -2.32. The Hall–Kier alpha value is -2.34. The van der Waals surface area contributed by atoms with Gasteiger partial charge in [-0.05, 0) is 24.5 Å². The van der Waals surface area contributed by atoms with Gasteiger partial charge in [0.25, 0.3) is 0 Å². The molecule has 1 saturated heterocycles. The molecule has 0 atom stereocenters. The standard InChI is InChI=1S/C20H24N4O2/c1-14(25)22-10-8-19-17(11-22)20(21-24(19)16-12-26-13-16)23-9-4-6-15-5-2-3-7-18(15)23/h2-3,5,7,16H,4,6,8-13H2,1H3. The minimum Gasteiger partial charge on any atom is -0.377 e. The second-order valence-corrected chi connectivity index (χ2v) is 7.46. The molecular formula is C20H24N4O2. The normalized spacial score (nSPS) is 19.7.